The monoisotopic (exact) mass is 362 g/mol. The van der Waals surface area contributed by atoms with Crippen molar-refractivity contribution in [1.29, 1.82) is 0 Å². The molecule has 2 aromatic rings. The Bertz CT molecular complexity index is 696. The van der Waals surface area contributed by atoms with Crippen LogP contribution in [0, 0.1) is 11.8 Å². The first kappa shape index (κ1) is 16.8. The topological polar surface area (TPSA) is 63.4 Å². The third-order valence-electron chi connectivity index (χ3n) is 5.36. The molecule has 1 N–H and O–H groups in total. The van der Waals surface area contributed by atoms with Crippen LogP contribution >= 0.6 is 11.6 Å². The molecule has 25 heavy (non-hydrogen) atoms. The normalized spacial score (nSPS) is 29.5. The number of nitrogens with zero attached hydrogens (tertiary/aromatic N) is 4. The van der Waals surface area contributed by atoms with Gasteiger partial charge in [0, 0.05) is 24.7 Å². The first-order chi connectivity index (χ1) is 12.2. The number of hydrogen-bond donors (Lipinski definition) is 1. The molecular weight excluding hydrogens is 340 g/mol. The molecule has 4 rings (SSSR count). The van der Waals surface area contributed by atoms with Gasteiger partial charge < -0.3 is 14.7 Å². The van der Waals surface area contributed by atoms with Crippen molar-refractivity contribution in [2.24, 2.45) is 11.8 Å². The molecule has 0 amide bonds. The van der Waals surface area contributed by atoms with E-state index in [1.807, 2.05) is 22.9 Å². The summed E-state index contributed by atoms with van der Waals surface area (Å²) in [6.07, 6.45) is 4.43. The number of halogens is 1. The fraction of sp³-hybridized carbons (Fsp3) is 0.556. The number of aliphatic hydroxyl groups is 1. The van der Waals surface area contributed by atoms with Gasteiger partial charge in [-0.3, -0.25) is 4.68 Å². The van der Waals surface area contributed by atoms with Gasteiger partial charge in [0.2, 0.25) is 0 Å². The molecule has 0 bridgehead atoms. The van der Waals surface area contributed by atoms with Gasteiger partial charge in [0.1, 0.15) is 24.5 Å². The molecule has 1 aromatic carbocycles. The summed E-state index contributed by atoms with van der Waals surface area (Å²) in [4.78, 5) is 6.44. The van der Waals surface area contributed by atoms with Gasteiger partial charge in [0.05, 0.1) is 12.6 Å². The summed E-state index contributed by atoms with van der Waals surface area (Å²) in [6.45, 7) is 3.92. The molecule has 0 spiro atoms. The third kappa shape index (κ3) is 3.97. The molecule has 2 fully saturated rings. The SMILES string of the molecule is O[C@@H]1C[C@H]2CN(CCn3cncn3)C[C@H]2C[C@H]1Oc1cccc(Cl)c1. The van der Waals surface area contributed by atoms with Crippen molar-refractivity contribution >= 4 is 11.6 Å². The molecule has 1 aromatic heterocycles. The Kier molecular flexibility index (Phi) is 4.92. The standard InChI is InChI=1S/C18H23ClN4O2/c19-15-2-1-3-16(8-15)25-18-7-14-10-22(9-13(14)6-17(18)24)4-5-23-12-20-11-21-23/h1-3,8,11-14,17-18,24H,4-7,9-10H2/t13-,14+,17+,18+/m0/s1. The van der Waals surface area contributed by atoms with Crippen LogP contribution in [-0.2, 0) is 6.54 Å². The summed E-state index contributed by atoms with van der Waals surface area (Å²) >= 11 is 6.02. The van der Waals surface area contributed by atoms with E-state index in [1.165, 1.54) is 0 Å². The summed E-state index contributed by atoms with van der Waals surface area (Å²) in [5, 5.41) is 15.3. The lowest BCUT2D eigenvalue weighted by Gasteiger charge is -2.35. The fourth-order valence-corrected chi connectivity index (χ4v) is 4.28. The molecule has 1 saturated carbocycles. The summed E-state index contributed by atoms with van der Waals surface area (Å²) in [5.41, 5.74) is 0. The van der Waals surface area contributed by atoms with Crippen LogP contribution in [0.15, 0.2) is 36.9 Å². The Morgan fingerprint density at radius 2 is 2.04 bits per heavy atom. The van der Waals surface area contributed by atoms with Gasteiger partial charge in [-0.25, -0.2) is 4.98 Å². The zero-order valence-corrected chi connectivity index (χ0v) is 14.8. The number of aliphatic hydroxyl groups excluding tert-OH is 1. The van der Waals surface area contributed by atoms with Crippen molar-refractivity contribution in [2.45, 2.75) is 31.6 Å². The van der Waals surface area contributed by atoms with Crippen LogP contribution in [0.5, 0.6) is 5.75 Å². The van der Waals surface area contributed by atoms with Crippen LogP contribution in [0.4, 0.5) is 0 Å². The largest absolute Gasteiger partial charge is 0.488 e. The number of benzene rings is 1. The molecule has 1 aliphatic carbocycles. The van der Waals surface area contributed by atoms with Crippen LogP contribution < -0.4 is 4.74 Å². The third-order valence-corrected chi connectivity index (χ3v) is 5.59. The first-order valence-electron chi connectivity index (χ1n) is 8.82. The molecule has 4 atom stereocenters. The number of aromatic nitrogens is 3. The van der Waals surface area contributed by atoms with Crippen LogP contribution in [-0.4, -0.2) is 56.6 Å². The van der Waals surface area contributed by atoms with E-state index in [0.29, 0.717) is 16.9 Å². The Labute approximate surface area is 152 Å². The number of ether oxygens (including phenoxy) is 1. The minimum absolute atomic E-state index is 0.157. The van der Waals surface area contributed by atoms with Gasteiger partial charge in [0.25, 0.3) is 0 Å². The lowest BCUT2D eigenvalue weighted by molar-refractivity contribution is -0.0231. The molecule has 134 valence electrons. The maximum atomic E-state index is 10.5. The van der Waals surface area contributed by atoms with Gasteiger partial charge in [-0.05, 0) is 42.9 Å². The van der Waals surface area contributed by atoms with Gasteiger partial charge in [-0.2, -0.15) is 5.10 Å². The van der Waals surface area contributed by atoms with Crippen LogP contribution in [0.1, 0.15) is 12.8 Å². The number of likely N-dealkylation sites (tertiary alicyclic amines) is 1. The maximum absolute atomic E-state index is 10.5. The molecule has 6 nitrogen and oxygen atoms in total. The molecule has 7 heteroatoms. The number of rotatable bonds is 5. The molecule has 1 saturated heterocycles. The minimum atomic E-state index is -0.421. The van der Waals surface area contributed by atoms with Crippen molar-refractivity contribution in [3.05, 3.63) is 41.9 Å². The molecule has 2 aliphatic rings. The Balaban J connectivity index is 1.33. The second-order valence-electron chi connectivity index (χ2n) is 7.09. The van der Waals surface area contributed by atoms with Crippen LogP contribution in [0.3, 0.4) is 0 Å². The Morgan fingerprint density at radius 3 is 2.80 bits per heavy atom. The van der Waals surface area contributed by atoms with Gasteiger partial charge in [0.15, 0.2) is 0 Å². The van der Waals surface area contributed by atoms with Gasteiger partial charge >= 0.3 is 0 Å². The van der Waals surface area contributed by atoms with Crippen molar-refractivity contribution in [1.82, 2.24) is 19.7 Å². The summed E-state index contributed by atoms with van der Waals surface area (Å²) in [7, 11) is 0. The van der Waals surface area contributed by atoms with Gasteiger partial charge in [-0.1, -0.05) is 17.7 Å². The van der Waals surface area contributed by atoms with Crippen molar-refractivity contribution in [2.75, 3.05) is 19.6 Å². The fourth-order valence-electron chi connectivity index (χ4n) is 4.10. The number of hydrogen-bond acceptors (Lipinski definition) is 5. The average molecular weight is 363 g/mol. The lowest BCUT2D eigenvalue weighted by atomic mass is 9.78. The van der Waals surface area contributed by atoms with E-state index in [0.717, 1.165) is 44.8 Å². The predicted molar refractivity (Wildman–Crippen MR) is 94.6 cm³/mol. The summed E-state index contributed by atoms with van der Waals surface area (Å²) in [6, 6.07) is 7.39. The van der Waals surface area contributed by atoms with E-state index in [4.69, 9.17) is 16.3 Å². The molecule has 1 aliphatic heterocycles. The highest BCUT2D eigenvalue weighted by molar-refractivity contribution is 6.30. The second kappa shape index (κ2) is 7.32. The summed E-state index contributed by atoms with van der Waals surface area (Å²) in [5.74, 6) is 1.85. The van der Waals surface area contributed by atoms with Crippen molar-refractivity contribution < 1.29 is 9.84 Å². The average Bonchev–Trinajstić information content (AvgIpc) is 3.22. The quantitative estimate of drug-likeness (QED) is 0.882. The first-order valence-corrected chi connectivity index (χ1v) is 9.20. The van der Waals surface area contributed by atoms with Crippen LogP contribution in [0.25, 0.3) is 0 Å². The molecule has 2 heterocycles. The zero-order chi connectivity index (χ0) is 17.2. The molecule has 0 unspecified atom stereocenters. The highest BCUT2D eigenvalue weighted by Gasteiger charge is 2.42. The van der Waals surface area contributed by atoms with Crippen molar-refractivity contribution in [3.8, 4) is 5.75 Å². The van der Waals surface area contributed by atoms with Gasteiger partial charge in [-0.15, -0.1) is 0 Å². The van der Waals surface area contributed by atoms with E-state index in [1.54, 1.807) is 18.7 Å². The van der Waals surface area contributed by atoms with Crippen molar-refractivity contribution in [3.63, 3.8) is 0 Å². The van der Waals surface area contributed by atoms with E-state index in [2.05, 4.69) is 15.0 Å². The van der Waals surface area contributed by atoms with Crippen LogP contribution in [0.2, 0.25) is 5.02 Å². The molecular formula is C18H23ClN4O2. The Morgan fingerprint density at radius 1 is 1.20 bits per heavy atom. The molecule has 0 radical (unpaired) electrons. The number of fused-ring (bicyclic) bond motifs is 1. The second-order valence-corrected chi connectivity index (χ2v) is 7.53. The highest BCUT2D eigenvalue weighted by atomic mass is 35.5. The zero-order valence-electron chi connectivity index (χ0n) is 14.0. The highest BCUT2D eigenvalue weighted by Crippen LogP contribution is 2.38. The minimum Gasteiger partial charge on any atom is -0.488 e. The maximum Gasteiger partial charge on any atom is 0.137 e. The predicted octanol–water partition coefficient (Wildman–Crippen LogP) is 2.08. The lowest BCUT2D eigenvalue weighted by Crippen LogP contribution is -2.42. The summed E-state index contributed by atoms with van der Waals surface area (Å²) < 4.78 is 7.90. The van der Waals surface area contributed by atoms with E-state index in [-0.39, 0.29) is 6.10 Å². The van der Waals surface area contributed by atoms with E-state index < -0.39 is 6.10 Å². The van der Waals surface area contributed by atoms with E-state index in [9.17, 15) is 5.11 Å². The Hall–Kier alpha value is -1.63. The van der Waals surface area contributed by atoms with E-state index >= 15 is 0 Å². The smallest absolute Gasteiger partial charge is 0.137 e.